The normalized spacial score (nSPS) is 10.4. The van der Waals surface area contributed by atoms with Crippen LogP contribution in [0.25, 0.3) is 10.6 Å². The third-order valence-electron chi connectivity index (χ3n) is 1.91. The van der Waals surface area contributed by atoms with Crippen LogP contribution in [0, 0.1) is 6.92 Å². The summed E-state index contributed by atoms with van der Waals surface area (Å²) in [7, 11) is 0. The van der Waals surface area contributed by atoms with Gasteiger partial charge in [-0.05, 0) is 19.1 Å². The molecule has 0 amide bonds. The van der Waals surface area contributed by atoms with Crippen LogP contribution >= 0.6 is 11.3 Å². The van der Waals surface area contributed by atoms with E-state index < -0.39 is 5.97 Å². The Labute approximate surface area is 84.2 Å². The summed E-state index contributed by atoms with van der Waals surface area (Å²) in [5.74, 6) is -0.946. The molecule has 0 saturated carbocycles. The number of carboxylic acid groups (broad SMARTS) is 1. The second kappa shape index (κ2) is 3.26. The van der Waals surface area contributed by atoms with Crippen molar-refractivity contribution in [3.63, 3.8) is 0 Å². The number of aromatic carboxylic acids is 1. The number of hydrogen-bond acceptors (Lipinski definition) is 3. The summed E-state index contributed by atoms with van der Waals surface area (Å²) in [6.07, 6.45) is 0. The number of carboxylic acids is 1. The van der Waals surface area contributed by atoms with Crippen LogP contribution in [0.15, 0.2) is 17.6 Å². The molecule has 0 radical (unpaired) electrons. The van der Waals surface area contributed by atoms with E-state index >= 15 is 0 Å². The van der Waals surface area contributed by atoms with Crippen LogP contribution in [0.3, 0.4) is 0 Å². The molecule has 4 nitrogen and oxygen atoms in total. The highest BCUT2D eigenvalue weighted by Gasteiger charge is 2.10. The van der Waals surface area contributed by atoms with Crippen molar-refractivity contribution in [3.8, 4) is 10.6 Å². The summed E-state index contributed by atoms with van der Waals surface area (Å²) in [5.41, 5.74) is 3.66. The Morgan fingerprint density at radius 3 is 2.86 bits per heavy atom. The van der Waals surface area contributed by atoms with Gasteiger partial charge in [-0.2, -0.15) is 0 Å². The molecule has 0 saturated heterocycles. The van der Waals surface area contributed by atoms with Crippen molar-refractivity contribution in [1.82, 2.24) is 9.97 Å². The Bertz CT molecular complexity index is 473. The van der Waals surface area contributed by atoms with Gasteiger partial charge in [-0.15, -0.1) is 11.3 Å². The lowest BCUT2D eigenvalue weighted by Gasteiger charge is -1.93. The van der Waals surface area contributed by atoms with E-state index in [9.17, 15) is 4.79 Å². The molecule has 0 aliphatic carbocycles. The average molecular weight is 208 g/mol. The molecule has 0 fully saturated rings. The summed E-state index contributed by atoms with van der Waals surface area (Å²) in [5, 5.41) is 8.72. The van der Waals surface area contributed by atoms with Gasteiger partial charge in [0.05, 0.1) is 21.8 Å². The lowest BCUT2D eigenvalue weighted by molar-refractivity contribution is 0.0691. The maximum absolute atomic E-state index is 10.6. The summed E-state index contributed by atoms with van der Waals surface area (Å²) in [6, 6.07) is 3.31. The second-order valence-electron chi connectivity index (χ2n) is 2.86. The van der Waals surface area contributed by atoms with Gasteiger partial charge >= 0.3 is 5.97 Å². The molecule has 2 rings (SSSR count). The van der Waals surface area contributed by atoms with Crippen molar-refractivity contribution in [3.05, 3.63) is 29.0 Å². The minimum Gasteiger partial charge on any atom is -0.477 e. The van der Waals surface area contributed by atoms with E-state index in [0.29, 0.717) is 0 Å². The molecule has 72 valence electrons. The number of aromatic nitrogens is 2. The van der Waals surface area contributed by atoms with E-state index in [4.69, 9.17) is 5.11 Å². The molecule has 14 heavy (non-hydrogen) atoms. The molecular weight excluding hydrogens is 200 g/mol. The molecule has 5 heteroatoms. The van der Waals surface area contributed by atoms with Crippen molar-refractivity contribution in [2.24, 2.45) is 0 Å². The van der Waals surface area contributed by atoms with Crippen molar-refractivity contribution < 1.29 is 9.90 Å². The highest BCUT2D eigenvalue weighted by molar-refractivity contribution is 7.13. The smallest absolute Gasteiger partial charge is 0.352 e. The van der Waals surface area contributed by atoms with Crippen LogP contribution in [0.2, 0.25) is 0 Å². The maximum Gasteiger partial charge on any atom is 0.352 e. The molecule has 2 heterocycles. The van der Waals surface area contributed by atoms with Crippen LogP contribution in [-0.2, 0) is 0 Å². The first-order valence-corrected chi connectivity index (χ1v) is 4.89. The molecule has 0 bridgehead atoms. The molecule has 0 atom stereocenters. The zero-order valence-electron chi connectivity index (χ0n) is 7.44. The topological polar surface area (TPSA) is 66.0 Å². The first-order chi connectivity index (χ1) is 6.68. The van der Waals surface area contributed by atoms with Gasteiger partial charge in [0.1, 0.15) is 5.69 Å². The van der Waals surface area contributed by atoms with Crippen LogP contribution in [0.5, 0.6) is 0 Å². The van der Waals surface area contributed by atoms with E-state index in [1.54, 1.807) is 17.6 Å². The van der Waals surface area contributed by atoms with E-state index in [0.717, 1.165) is 16.3 Å². The van der Waals surface area contributed by atoms with E-state index in [1.807, 2.05) is 6.92 Å². The van der Waals surface area contributed by atoms with Gasteiger partial charge in [0.2, 0.25) is 0 Å². The molecule has 0 unspecified atom stereocenters. The SMILES string of the molecule is Cc1ncsc1-c1ccc(C(=O)O)[nH]1. The number of thiazole rings is 1. The monoisotopic (exact) mass is 208 g/mol. The van der Waals surface area contributed by atoms with Crippen LogP contribution < -0.4 is 0 Å². The zero-order chi connectivity index (χ0) is 10.1. The molecule has 0 aliphatic heterocycles. The minimum absolute atomic E-state index is 0.202. The van der Waals surface area contributed by atoms with E-state index in [1.165, 1.54) is 11.3 Å². The van der Waals surface area contributed by atoms with E-state index in [2.05, 4.69) is 9.97 Å². The fourth-order valence-electron chi connectivity index (χ4n) is 1.21. The fourth-order valence-corrected chi connectivity index (χ4v) is 2.00. The summed E-state index contributed by atoms with van der Waals surface area (Å²) in [6.45, 7) is 1.90. The van der Waals surface area contributed by atoms with Gasteiger partial charge in [0, 0.05) is 0 Å². The standard InChI is InChI=1S/C9H8N2O2S/c1-5-8(14-4-10-5)6-2-3-7(11-6)9(12)13/h2-4,11H,1H3,(H,12,13). The first-order valence-electron chi connectivity index (χ1n) is 4.01. The number of hydrogen-bond donors (Lipinski definition) is 2. The van der Waals surface area contributed by atoms with Gasteiger partial charge < -0.3 is 10.1 Å². The van der Waals surface area contributed by atoms with Gasteiger partial charge in [-0.1, -0.05) is 0 Å². The summed E-state index contributed by atoms with van der Waals surface area (Å²) in [4.78, 5) is 18.5. The van der Waals surface area contributed by atoms with Crippen molar-refractivity contribution >= 4 is 17.3 Å². The number of H-pyrrole nitrogens is 1. The Balaban J connectivity index is 2.43. The molecule has 0 spiro atoms. The van der Waals surface area contributed by atoms with Gasteiger partial charge in [0.15, 0.2) is 0 Å². The molecule has 0 aromatic carbocycles. The van der Waals surface area contributed by atoms with Gasteiger partial charge in [-0.25, -0.2) is 9.78 Å². The third-order valence-corrected chi connectivity index (χ3v) is 2.87. The Kier molecular flexibility index (Phi) is 2.09. The molecule has 2 aromatic rings. The number of aryl methyl sites for hydroxylation is 1. The Morgan fingerprint density at radius 1 is 1.57 bits per heavy atom. The summed E-state index contributed by atoms with van der Waals surface area (Å²) >= 11 is 1.49. The van der Waals surface area contributed by atoms with Crippen LogP contribution in [0.4, 0.5) is 0 Å². The largest absolute Gasteiger partial charge is 0.477 e. The predicted octanol–water partition coefficient (Wildman–Crippen LogP) is 2.14. The molecule has 2 N–H and O–H groups in total. The fraction of sp³-hybridized carbons (Fsp3) is 0.111. The maximum atomic E-state index is 10.6. The number of nitrogens with one attached hydrogen (secondary N) is 1. The Morgan fingerprint density at radius 2 is 2.36 bits per heavy atom. The number of carbonyl (C=O) groups is 1. The van der Waals surface area contributed by atoms with Crippen molar-refractivity contribution in [2.45, 2.75) is 6.92 Å². The van der Waals surface area contributed by atoms with Gasteiger partial charge in [0.25, 0.3) is 0 Å². The highest BCUT2D eigenvalue weighted by atomic mass is 32.1. The summed E-state index contributed by atoms with van der Waals surface area (Å²) < 4.78 is 0. The number of rotatable bonds is 2. The highest BCUT2D eigenvalue weighted by Crippen LogP contribution is 2.26. The van der Waals surface area contributed by atoms with Crippen molar-refractivity contribution in [1.29, 1.82) is 0 Å². The quantitative estimate of drug-likeness (QED) is 0.794. The lowest BCUT2D eigenvalue weighted by atomic mass is 10.3. The van der Waals surface area contributed by atoms with Crippen LogP contribution in [0.1, 0.15) is 16.2 Å². The zero-order valence-corrected chi connectivity index (χ0v) is 8.26. The average Bonchev–Trinajstić information content (AvgIpc) is 2.71. The first kappa shape index (κ1) is 8.96. The third kappa shape index (κ3) is 1.42. The predicted molar refractivity (Wildman–Crippen MR) is 53.6 cm³/mol. The number of aromatic amines is 1. The van der Waals surface area contributed by atoms with Crippen molar-refractivity contribution in [2.75, 3.05) is 0 Å². The van der Waals surface area contributed by atoms with Gasteiger partial charge in [-0.3, -0.25) is 0 Å². The minimum atomic E-state index is -0.946. The molecule has 2 aromatic heterocycles. The number of nitrogens with zero attached hydrogens (tertiary/aromatic N) is 1. The Hall–Kier alpha value is -1.62. The molecule has 0 aliphatic rings. The second-order valence-corrected chi connectivity index (χ2v) is 3.71. The molecular formula is C9H8N2O2S. The van der Waals surface area contributed by atoms with Crippen LogP contribution in [-0.4, -0.2) is 21.0 Å². The lowest BCUT2D eigenvalue weighted by Crippen LogP contribution is -1.95. The van der Waals surface area contributed by atoms with E-state index in [-0.39, 0.29) is 5.69 Å².